The van der Waals surface area contributed by atoms with Crippen molar-refractivity contribution in [2.75, 3.05) is 6.54 Å². The van der Waals surface area contributed by atoms with Crippen LogP contribution >= 0.6 is 0 Å². The molecule has 1 heterocycles. The third-order valence-corrected chi connectivity index (χ3v) is 6.29. The number of carbonyl (C=O) groups is 3. The van der Waals surface area contributed by atoms with Crippen LogP contribution in [0.3, 0.4) is 0 Å². The first-order valence-electron chi connectivity index (χ1n) is 10.0. The molecule has 146 valence electrons. The summed E-state index contributed by atoms with van der Waals surface area (Å²) < 4.78 is 5.38. The largest absolute Gasteiger partial charge is 0.426 e. The molecule has 5 heteroatoms. The SMILES string of the molecule is O=C(CCN1C(=O)[C@@H]2[C@H](C1=O)[C@@H]1C=C[C@@H]2C1)Oc1ccc(-c2ccccc2)cc1. The number of likely N-dealkylation sites (tertiary alicyclic amines) is 1. The molecule has 2 aliphatic carbocycles. The molecule has 0 radical (unpaired) electrons. The lowest BCUT2D eigenvalue weighted by molar-refractivity contribution is -0.142. The minimum Gasteiger partial charge on any atom is -0.426 e. The summed E-state index contributed by atoms with van der Waals surface area (Å²) in [7, 11) is 0. The molecule has 0 spiro atoms. The maximum Gasteiger partial charge on any atom is 0.312 e. The zero-order valence-electron chi connectivity index (χ0n) is 15.9. The van der Waals surface area contributed by atoms with E-state index in [-0.39, 0.29) is 48.5 Å². The first kappa shape index (κ1) is 17.9. The van der Waals surface area contributed by atoms with Crippen LogP contribution in [0.25, 0.3) is 11.1 Å². The predicted octanol–water partition coefficient (Wildman–Crippen LogP) is 3.46. The fourth-order valence-electron chi connectivity index (χ4n) is 4.92. The molecule has 1 saturated carbocycles. The zero-order chi connectivity index (χ0) is 20.0. The van der Waals surface area contributed by atoms with E-state index in [4.69, 9.17) is 4.74 Å². The molecule has 29 heavy (non-hydrogen) atoms. The highest BCUT2D eigenvalue weighted by Crippen LogP contribution is 2.52. The first-order valence-corrected chi connectivity index (χ1v) is 10.0. The predicted molar refractivity (Wildman–Crippen MR) is 107 cm³/mol. The number of ether oxygens (including phenoxy) is 1. The van der Waals surface area contributed by atoms with E-state index in [0.717, 1.165) is 17.5 Å². The summed E-state index contributed by atoms with van der Waals surface area (Å²) in [6, 6.07) is 17.2. The molecule has 1 saturated heterocycles. The molecule has 0 unspecified atom stereocenters. The zero-order valence-corrected chi connectivity index (χ0v) is 15.9. The third-order valence-electron chi connectivity index (χ3n) is 6.29. The Labute approximate surface area is 169 Å². The molecule has 2 fully saturated rings. The highest BCUT2D eigenvalue weighted by Gasteiger charge is 2.59. The second-order valence-corrected chi connectivity index (χ2v) is 7.94. The van der Waals surface area contributed by atoms with Gasteiger partial charge in [0.05, 0.1) is 18.3 Å². The molecule has 1 aliphatic heterocycles. The van der Waals surface area contributed by atoms with Gasteiger partial charge in [-0.1, -0.05) is 54.6 Å². The molecule has 2 aromatic carbocycles. The van der Waals surface area contributed by atoms with Crippen LogP contribution in [0.1, 0.15) is 12.8 Å². The molecule has 2 aromatic rings. The molecule has 0 N–H and O–H groups in total. The Kier molecular flexibility index (Phi) is 4.31. The van der Waals surface area contributed by atoms with Crippen molar-refractivity contribution < 1.29 is 19.1 Å². The van der Waals surface area contributed by atoms with Crippen LogP contribution in [0.15, 0.2) is 66.7 Å². The molecule has 5 rings (SSSR count). The Balaban J connectivity index is 1.18. The number of imide groups is 1. The van der Waals surface area contributed by atoms with E-state index in [1.165, 1.54) is 4.90 Å². The summed E-state index contributed by atoms with van der Waals surface area (Å²) >= 11 is 0. The fourth-order valence-corrected chi connectivity index (χ4v) is 4.92. The van der Waals surface area contributed by atoms with Gasteiger partial charge >= 0.3 is 5.97 Å². The van der Waals surface area contributed by atoms with Crippen molar-refractivity contribution in [3.8, 4) is 16.9 Å². The monoisotopic (exact) mass is 387 g/mol. The van der Waals surface area contributed by atoms with E-state index in [1.54, 1.807) is 12.1 Å². The number of nitrogens with zero attached hydrogens (tertiary/aromatic N) is 1. The average Bonchev–Trinajstić information content (AvgIpc) is 3.42. The van der Waals surface area contributed by atoms with Crippen LogP contribution in [-0.2, 0) is 14.4 Å². The second-order valence-electron chi connectivity index (χ2n) is 7.94. The molecule has 3 aliphatic rings. The van der Waals surface area contributed by atoms with Gasteiger partial charge in [0.15, 0.2) is 0 Å². The lowest BCUT2D eigenvalue weighted by Crippen LogP contribution is -2.35. The number of hydrogen-bond acceptors (Lipinski definition) is 4. The Morgan fingerprint density at radius 1 is 0.862 bits per heavy atom. The molecule has 2 bridgehead atoms. The molecular weight excluding hydrogens is 366 g/mol. The van der Waals surface area contributed by atoms with Gasteiger partial charge in [0, 0.05) is 6.54 Å². The number of carbonyl (C=O) groups excluding carboxylic acids is 3. The van der Waals surface area contributed by atoms with Crippen molar-refractivity contribution in [2.45, 2.75) is 12.8 Å². The van der Waals surface area contributed by atoms with Crippen LogP contribution in [0, 0.1) is 23.7 Å². The highest BCUT2D eigenvalue weighted by molar-refractivity contribution is 6.06. The van der Waals surface area contributed by atoms with Crippen LogP contribution in [-0.4, -0.2) is 29.2 Å². The van der Waals surface area contributed by atoms with Gasteiger partial charge in [-0.2, -0.15) is 0 Å². The second kappa shape index (κ2) is 6.99. The molecular formula is C24H21NO4. The van der Waals surface area contributed by atoms with Crippen molar-refractivity contribution in [2.24, 2.45) is 23.7 Å². The summed E-state index contributed by atoms with van der Waals surface area (Å²) in [6.45, 7) is 0.0883. The summed E-state index contributed by atoms with van der Waals surface area (Å²) in [6.07, 6.45) is 5.03. The van der Waals surface area contributed by atoms with Gasteiger partial charge in [-0.25, -0.2) is 0 Å². The summed E-state index contributed by atoms with van der Waals surface area (Å²) in [5, 5.41) is 0. The van der Waals surface area contributed by atoms with Gasteiger partial charge in [0.25, 0.3) is 0 Å². The smallest absolute Gasteiger partial charge is 0.312 e. The maximum atomic E-state index is 12.6. The van der Waals surface area contributed by atoms with Crippen molar-refractivity contribution in [1.82, 2.24) is 4.90 Å². The lowest BCUT2D eigenvalue weighted by Gasteiger charge is -2.16. The van der Waals surface area contributed by atoms with Crippen LogP contribution in [0.5, 0.6) is 5.75 Å². The molecule has 0 aromatic heterocycles. The number of esters is 1. The molecule has 2 amide bonds. The molecule has 4 atom stereocenters. The van der Waals surface area contributed by atoms with E-state index in [0.29, 0.717) is 5.75 Å². The summed E-state index contributed by atoms with van der Waals surface area (Å²) in [5.41, 5.74) is 2.12. The number of amides is 2. The van der Waals surface area contributed by atoms with E-state index in [1.807, 2.05) is 42.5 Å². The number of benzene rings is 2. The average molecular weight is 387 g/mol. The lowest BCUT2D eigenvalue weighted by atomic mass is 9.85. The van der Waals surface area contributed by atoms with Gasteiger partial charge in [-0.3, -0.25) is 19.3 Å². The number of hydrogen-bond donors (Lipinski definition) is 0. The van der Waals surface area contributed by atoms with E-state index in [9.17, 15) is 14.4 Å². The Morgan fingerprint density at radius 3 is 2.07 bits per heavy atom. The Hall–Kier alpha value is -3.21. The Bertz CT molecular complexity index is 965. The number of allylic oxidation sites excluding steroid dienone is 2. The van der Waals surface area contributed by atoms with Crippen molar-refractivity contribution in [3.63, 3.8) is 0 Å². The van der Waals surface area contributed by atoms with Gasteiger partial charge < -0.3 is 4.74 Å². The van der Waals surface area contributed by atoms with E-state index >= 15 is 0 Å². The van der Waals surface area contributed by atoms with Crippen molar-refractivity contribution in [3.05, 3.63) is 66.7 Å². The number of rotatable bonds is 5. The standard InChI is InChI=1S/C24H21NO4/c26-20(29-19-10-8-16(9-11-19)15-4-2-1-3-5-15)12-13-25-23(27)21-17-6-7-18(14-17)22(21)24(25)28/h1-11,17-18,21-22H,12-14H2/t17-,18-,21-,22+/m1/s1. The van der Waals surface area contributed by atoms with Gasteiger partial charge in [-0.05, 0) is 41.5 Å². The van der Waals surface area contributed by atoms with Crippen molar-refractivity contribution in [1.29, 1.82) is 0 Å². The van der Waals surface area contributed by atoms with E-state index < -0.39 is 5.97 Å². The summed E-state index contributed by atoms with van der Waals surface area (Å²) in [5.74, 6) is -0.334. The topological polar surface area (TPSA) is 63.7 Å². The van der Waals surface area contributed by atoms with Crippen molar-refractivity contribution >= 4 is 17.8 Å². The van der Waals surface area contributed by atoms with Gasteiger partial charge in [0.2, 0.25) is 11.8 Å². The maximum absolute atomic E-state index is 12.6. The normalized spacial score (nSPS) is 26.8. The van der Waals surface area contributed by atoms with Crippen LogP contribution in [0.4, 0.5) is 0 Å². The van der Waals surface area contributed by atoms with Crippen LogP contribution in [0.2, 0.25) is 0 Å². The van der Waals surface area contributed by atoms with Crippen LogP contribution < -0.4 is 4.74 Å². The minimum atomic E-state index is -0.448. The highest BCUT2D eigenvalue weighted by atomic mass is 16.5. The quantitative estimate of drug-likeness (QED) is 0.341. The van der Waals surface area contributed by atoms with Gasteiger partial charge in [0.1, 0.15) is 5.75 Å². The third kappa shape index (κ3) is 3.07. The molecule has 5 nitrogen and oxygen atoms in total. The fraction of sp³-hybridized carbons (Fsp3) is 0.292. The first-order chi connectivity index (χ1) is 14.1. The Morgan fingerprint density at radius 2 is 1.45 bits per heavy atom. The number of fused-ring (bicyclic) bond motifs is 5. The minimum absolute atomic E-state index is 0.000118. The van der Waals surface area contributed by atoms with E-state index in [2.05, 4.69) is 12.2 Å². The summed E-state index contributed by atoms with van der Waals surface area (Å²) in [4.78, 5) is 38.8. The van der Waals surface area contributed by atoms with Gasteiger partial charge in [-0.15, -0.1) is 0 Å².